The lowest BCUT2D eigenvalue weighted by Gasteiger charge is -2.24. The van der Waals surface area contributed by atoms with Crippen LogP contribution in [-0.2, 0) is 0 Å². The molecule has 1 aliphatic rings. The SMILES string of the molecule is CCC(CC)C1=C(C#N)CCCN1. The van der Waals surface area contributed by atoms with E-state index >= 15 is 0 Å². The highest BCUT2D eigenvalue weighted by atomic mass is 14.9. The van der Waals surface area contributed by atoms with Crippen molar-refractivity contribution in [3.63, 3.8) is 0 Å². The Morgan fingerprint density at radius 3 is 2.69 bits per heavy atom. The van der Waals surface area contributed by atoms with Crippen LogP contribution < -0.4 is 5.32 Å². The van der Waals surface area contributed by atoms with Crippen molar-refractivity contribution in [1.29, 1.82) is 5.26 Å². The number of nitrogens with one attached hydrogen (secondary N) is 1. The fraction of sp³-hybridized carbons (Fsp3) is 0.727. The fourth-order valence-corrected chi connectivity index (χ4v) is 1.93. The van der Waals surface area contributed by atoms with E-state index in [0.29, 0.717) is 5.92 Å². The first-order valence-electron chi connectivity index (χ1n) is 5.20. The summed E-state index contributed by atoms with van der Waals surface area (Å²) in [6.07, 6.45) is 4.33. The number of rotatable bonds is 3. The van der Waals surface area contributed by atoms with E-state index in [0.717, 1.165) is 37.8 Å². The zero-order valence-corrected chi connectivity index (χ0v) is 8.56. The quantitative estimate of drug-likeness (QED) is 0.721. The predicted molar refractivity (Wildman–Crippen MR) is 53.9 cm³/mol. The lowest BCUT2D eigenvalue weighted by Crippen LogP contribution is -2.26. The van der Waals surface area contributed by atoms with Crippen LogP contribution in [0.2, 0.25) is 0 Å². The molecule has 0 aromatic carbocycles. The first-order valence-corrected chi connectivity index (χ1v) is 5.20. The lowest BCUT2D eigenvalue weighted by atomic mass is 9.92. The molecule has 0 aromatic heterocycles. The van der Waals surface area contributed by atoms with Gasteiger partial charge in [0.05, 0.1) is 6.07 Å². The summed E-state index contributed by atoms with van der Waals surface area (Å²) in [4.78, 5) is 0. The summed E-state index contributed by atoms with van der Waals surface area (Å²) in [5.41, 5.74) is 2.21. The minimum absolute atomic E-state index is 0.565. The van der Waals surface area contributed by atoms with E-state index in [1.165, 1.54) is 5.70 Å². The Hall–Kier alpha value is -0.970. The van der Waals surface area contributed by atoms with E-state index < -0.39 is 0 Å². The molecule has 0 unspecified atom stereocenters. The van der Waals surface area contributed by atoms with Crippen LogP contribution in [0.5, 0.6) is 0 Å². The lowest BCUT2D eigenvalue weighted by molar-refractivity contribution is 0.498. The molecule has 1 N–H and O–H groups in total. The molecule has 0 spiro atoms. The van der Waals surface area contributed by atoms with Gasteiger partial charge in [-0.3, -0.25) is 0 Å². The molecule has 1 heterocycles. The highest BCUT2D eigenvalue weighted by molar-refractivity contribution is 5.30. The summed E-state index contributed by atoms with van der Waals surface area (Å²) in [7, 11) is 0. The van der Waals surface area contributed by atoms with Crippen LogP contribution in [0.4, 0.5) is 0 Å². The average molecular weight is 178 g/mol. The van der Waals surface area contributed by atoms with E-state index in [9.17, 15) is 0 Å². The molecule has 0 saturated heterocycles. The molecule has 0 radical (unpaired) electrons. The van der Waals surface area contributed by atoms with Crippen LogP contribution in [0.15, 0.2) is 11.3 Å². The van der Waals surface area contributed by atoms with E-state index in [2.05, 4.69) is 25.2 Å². The van der Waals surface area contributed by atoms with Crippen molar-refractivity contribution >= 4 is 0 Å². The molecule has 13 heavy (non-hydrogen) atoms. The maximum absolute atomic E-state index is 8.95. The van der Waals surface area contributed by atoms with Crippen molar-refractivity contribution in [3.8, 4) is 6.07 Å². The molecule has 0 fully saturated rings. The van der Waals surface area contributed by atoms with Gasteiger partial charge in [-0.05, 0) is 31.6 Å². The standard InChI is InChI=1S/C11H18N2/c1-3-9(4-2)11-10(8-12)6-5-7-13-11/h9,13H,3-7H2,1-2H3. The fourth-order valence-electron chi connectivity index (χ4n) is 1.93. The topological polar surface area (TPSA) is 35.8 Å². The van der Waals surface area contributed by atoms with E-state index in [1.807, 2.05) is 0 Å². The predicted octanol–water partition coefficient (Wildman–Crippen LogP) is 2.58. The molecule has 0 amide bonds. The van der Waals surface area contributed by atoms with Crippen LogP contribution in [0.1, 0.15) is 39.5 Å². The van der Waals surface area contributed by atoms with Crippen LogP contribution in [0.3, 0.4) is 0 Å². The smallest absolute Gasteiger partial charge is 0.0965 e. The van der Waals surface area contributed by atoms with Gasteiger partial charge in [-0.25, -0.2) is 0 Å². The molecule has 1 rings (SSSR count). The summed E-state index contributed by atoms with van der Waals surface area (Å²) in [5.74, 6) is 0.565. The highest BCUT2D eigenvalue weighted by Gasteiger charge is 2.17. The van der Waals surface area contributed by atoms with Gasteiger partial charge in [0.2, 0.25) is 0 Å². The monoisotopic (exact) mass is 178 g/mol. The first-order chi connectivity index (χ1) is 6.33. The van der Waals surface area contributed by atoms with Gasteiger partial charge in [0.15, 0.2) is 0 Å². The Morgan fingerprint density at radius 2 is 2.15 bits per heavy atom. The van der Waals surface area contributed by atoms with Crippen molar-refractivity contribution in [2.45, 2.75) is 39.5 Å². The van der Waals surface area contributed by atoms with E-state index in [-0.39, 0.29) is 0 Å². The third kappa shape index (κ3) is 2.24. The van der Waals surface area contributed by atoms with Gasteiger partial charge in [-0.1, -0.05) is 13.8 Å². The number of nitrogens with zero attached hydrogens (tertiary/aromatic N) is 1. The molecule has 1 aliphatic heterocycles. The maximum atomic E-state index is 8.95. The normalized spacial score (nSPS) is 17.1. The van der Waals surface area contributed by atoms with Crippen LogP contribution in [0, 0.1) is 17.2 Å². The molecule has 0 aliphatic carbocycles. The molecular formula is C11H18N2. The maximum Gasteiger partial charge on any atom is 0.0965 e. The number of hydrogen-bond acceptors (Lipinski definition) is 2. The van der Waals surface area contributed by atoms with Gasteiger partial charge in [0.25, 0.3) is 0 Å². The molecule has 2 heteroatoms. The van der Waals surface area contributed by atoms with Gasteiger partial charge >= 0.3 is 0 Å². The van der Waals surface area contributed by atoms with Crippen LogP contribution in [0.25, 0.3) is 0 Å². The second-order valence-corrected chi connectivity index (χ2v) is 3.55. The summed E-state index contributed by atoms with van der Waals surface area (Å²) >= 11 is 0. The Labute approximate surface area is 80.6 Å². The minimum Gasteiger partial charge on any atom is -0.387 e. The zero-order chi connectivity index (χ0) is 9.68. The Morgan fingerprint density at radius 1 is 1.46 bits per heavy atom. The zero-order valence-electron chi connectivity index (χ0n) is 8.56. The van der Waals surface area contributed by atoms with Gasteiger partial charge in [0, 0.05) is 17.8 Å². The van der Waals surface area contributed by atoms with Crippen molar-refractivity contribution in [2.24, 2.45) is 5.92 Å². The second-order valence-electron chi connectivity index (χ2n) is 3.55. The number of allylic oxidation sites excluding steroid dienone is 2. The minimum atomic E-state index is 0.565. The third-order valence-electron chi connectivity index (χ3n) is 2.77. The van der Waals surface area contributed by atoms with Gasteiger partial charge in [-0.2, -0.15) is 5.26 Å². The van der Waals surface area contributed by atoms with Gasteiger partial charge < -0.3 is 5.32 Å². The molecular weight excluding hydrogens is 160 g/mol. The summed E-state index contributed by atoms with van der Waals surface area (Å²) in [6.45, 7) is 5.41. The van der Waals surface area contributed by atoms with Gasteiger partial charge in [-0.15, -0.1) is 0 Å². The summed E-state index contributed by atoms with van der Waals surface area (Å²) in [5, 5.41) is 12.3. The second kappa shape index (κ2) is 4.91. The van der Waals surface area contributed by atoms with E-state index in [4.69, 9.17) is 5.26 Å². The van der Waals surface area contributed by atoms with Crippen molar-refractivity contribution in [3.05, 3.63) is 11.3 Å². The van der Waals surface area contributed by atoms with Crippen LogP contribution >= 0.6 is 0 Å². The highest BCUT2D eigenvalue weighted by Crippen LogP contribution is 2.24. The number of hydrogen-bond donors (Lipinski definition) is 1. The molecule has 0 saturated carbocycles. The average Bonchev–Trinajstić information content (AvgIpc) is 2.20. The van der Waals surface area contributed by atoms with E-state index in [1.54, 1.807) is 0 Å². The summed E-state index contributed by atoms with van der Waals surface area (Å²) < 4.78 is 0. The van der Waals surface area contributed by atoms with Gasteiger partial charge in [0.1, 0.15) is 0 Å². The van der Waals surface area contributed by atoms with Crippen molar-refractivity contribution in [1.82, 2.24) is 5.32 Å². The largest absolute Gasteiger partial charge is 0.387 e. The Kier molecular flexibility index (Phi) is 3.82. The Bertz CT molecular complexity index is 231. The molecule has 0 atom stereocenters. The first kappa shape index (κ1) is 10.1. The Balaban J connectivity index is 2.84. The third-order valence-corrected chi connectivity index (χ3v) is 2.77. The summed E-state index contributed by atoms with van der Waals surface area (Å²) in [6, 6.07) is 2.32. The molecule has 0 bridgehead atoms. The number of nitriles is 1. The molecule has 72 valence electrons. The van der Waals surface area contributed by atoms with Crippen LogP contribution in [-0.4, -0.2) is 6.54 Å². The molecule has 0 aromatic rings. The van der Waals surface area contributed by atoms with Crippen molar-refractivity contribution < 1.29 is 0 Å². The van der Waals surface area contributed by atoms with Crippen molar-refractivity contribution in [2.75, 3.05) is 6.54 Å². The molecule has 2 nitrogen and oxygen atoms in total.